The van der Waals surface area contributed by atoms with Crippen LogP contribution in [0.25, 0.3) is 0 Å². The number of hydrogen-bond donors (Lipinski definition) is 0. The maximum absolute atomic E-state index is 13.4. The summed E-state index contributed by atoms with van der Waals surface area (Å²) in [7, 11) is 1.26. The number of rotatable bonds is 7. The molecule has 0 heterocycles. The molecule has 0 bridgehead atoms. The molecular weight excluding hydrogens is 423 g/mol. The van der Waals surface area contributed by atoms with Gasteiger partial charge in [0.2, 0.25) is 0 Å². The van der Waals surface area contributed by atoms with Gasteiger partial charge in [0.1, 0.15) is 0 Å². The number of carbonyl (C=O) groups excluding carboxylic acids is 1. The molecule has 4 aromatic carbocycles. The van der Waals surface area contributed by atoms with Crippen molar-refractivity contribution < 1.29 is 4.79 Å². The quantitative estimate of drug-likeness (QED) is 0.204. The van der Waals surface area contributed by atoms with E-state index in [1.807, 2.05) is 104 Å². The van der Waals surface area contributed by atoms with Crippen molar-refractivity contribution in [3.63, 3.8) is 0 Å². The van der Waals surface area contributed by atoms with Crippen LogP contribution in [0.2, 0.25) is 0 Å². The molecule has 4 aromatic rings. The minimum atomic E-state index is -2.56. The van der Waals surface area contributed by atoms with Crippen molar-refractivity contribution in [1.82, 2.24) is 4.90 Å². The Hall–Kier alpha value is -3.68. The van der Waals surface area contributed by atoms with Crippen molar-refractivity contribution in [2.75, 3.05) is 14.1 Å². The second-order valence-corrected chi connectivity index (χ2v) is 10.9. The Morgan fingerprint density at radius 2 is 1.18 bits per heavy atom. The highest BCUT2D eigenvalue weighted by molar-refractivity contribution is 7.87. The molecule has 0 aliphatic rings. The second-order valence-electron chi connectivity index (χ2n) is 7.90. The Labute approximate surface area is 196 Å². The molecule has 4 heteroatoms. The van der Waals surface area contributed by atoms with Gasteiger partial charge in [-0.25, -0.2) is 0 Å². The molecule has 0 aliphatic carbocycles. The average molecular weight is 451 g/mol. The molecule has 0 aliphatic heterocycles. The third-order valence-corrected chi connectivity index (χ3v) is 9.03. The van der Waals surface area contributed by atoms with Crippen LogP contribution in [0.3, 0.4) is 0 Å². The summed E-state index contributed by atoms with van der Waals surface area (Å²) in [5.74, 6) is -0.0289. The van der Waals surface area contributed by atoms with Gasteiger partial charge in [-0.1, -0.05) is 103 Å². The summed E-state index contributed by atoms with van der Waals surface area (Å²) in [5, 5.41) is 3.17. The van der Waals surface area contributed by atoms with Gasteiger partial charge in [-0.2, -0.15) is 0 Å². The predicted molar refractivity (Wildman–Crippen MR) is 141 cm³/mol. The van der Waals surface area contributed by atoms with Gasteiger partial charge in [0, 0.05) is 47.8 Å². The first kappa shape index (κ1) is 22.5. The van der Waals surface area contributed by atoms with Gasteiger partial charge >= 0.3 is 0 Å². The predicted octanol–water partition coefficient (Wildman–Crippen LogP) is 5.75. The molecule has 0 amide bonds. The van der Waals surface area contributed by atoms with Crippen molar-refractivity contribution in [3.8, 4) is 0 Å². The van der Waals surface area contributed by atoms with Gasteiger partial charge in [-0.15, -0.1) is 0 Å². The molecular formula is C29H27N2OP. The fourth-order valence-electron chi connectivity index (χ4n) is 3.82. The highest BCUT2D eigenvalue weighted by Crippen LogP contribution is 2.50. The van der Waals surface area contributed by atoms with E-state index in [9.17, 15) is 4.79 Å². The van der Waals surface area contributed by atoms with E-state index in [0.29, 0.717) is 5.56 Å². The smallest absolute Gasteiger partial charge is 0.187 e. The van der Waals surface area contributed by atoms with E-state index in [2.05, 4.69) is 30.3 Å². The first-order valence-electron chi connectivity index (χ1n) is 10.9. The molecule has 0 fully saturated rings. The number of nitrogens with zero attached hydrogens (tertiary/aromatic N) is 2. The molecule has 164 valence electrons. The monoisotopic (exact) mass is 450 g/mol. The minimum Gasteiger partial charge on any atom is -0.383 e. The number of benzene rings is 4. The normalized spacial score (nSPS) is 11.3. The molecule has 0 saturated heterocycles. The van der Waals surface area contributed by atoms with Crippen LogP contribution in [0.1, 0.15) is 10.4 Å². The standard InChI is InChI=1S/C29H27N2OP/c1-31(2)23-22-28(32)27-20-12-13-21-29(27)33(25-16-8-4-9-17-25,26-18-10-5-11-19-26)30-24-14-6-3-7-15-24/h3-23H,1-2H3. The summed E-state index contributed by atoms with van der Waals surface area (Å²) in [6.07, 6.45) is 3.42. The Balaban J connectivity index is 2.12. The topological polar surface area (TPSA) is 32.7 Å². The maximum atomic E-state index is 13.4. The Bertz CT molecular complexity index is 1250. The average Bonchev–Trinajstić information content (AvgIpc) is 2.87. The van der Waals surface area contributed by atoms with Crippen LogP contribution in [0.4, 0.5) is 5.69 Å². The van der Waals surface area contributed by atoms with Gasteiger partial charge in [0.15, 0.2) is 5.78 Å². The molecule has 0 saturated carbocycles. The minimum absolute atomic E-state index is 0.0289. The van der Waals surface area contributed by atoms with E-state index < -0.39 is 7.05 Å². The molecule has 0 spiro atoms. The van der Waals surface area contributed by atoms with Gasteiger partial charge < -0.3 is 4.90 Å². The van der Waals surface area contributed by atoms with E-state index >= 15 is 0 Å². The third kappa shape index (κ3) is 4.89. The SMILES string of the molecule is CN(C)C=CC(=O)c1ccccc1P(=Nc1ccccc1)(c1ccccc1)c1ccccc1. The lowest BCUT2D eigenvalue weighted by atomic mass is 10.1. The highest BCUT2D eigenvalue weighted by atomic mass is 31.2. The van der Waals surface area contributed by atoms with Crippen molar-refractivity contribution >= 4 is 34.4 Å². The number of ketones is 1. The Kier molecular flexibility index (Phi) is 7.02. The van der Waals surface area contributed by atoms with Crippen LogP contribution < -0.4 is 15.9 Å². The summed E-state index contributed by atoms with van der Waals surface area (Å²) < 4.78 is 5.46. The zero-order chi connectivity index (χ0) is 23.1. The number of carbonyl (C=O) groups is 1. The van der Waals surface area contributed by atoms with Crippen molar-refractivity contribution in [1.29, 1.82) is 0 Å². The van der Waals surface area contributed by atoms with E-state index in [4.69, 9.17) is 4.74 Å². The van der Waals surface area contributed by atoms with E-state index in [0.717, 1.165) is 21.6 Å². The number of allylic oxidation sites excluding steroid dienone is 1. The van der Waals surface area contributed by atoms with Gasteiger partial charge in [-0.3, -0.25) is 9.54 Å². The maximum Gasteiger partial charge on any atom is 0.187 e. The molecule has 0 atom stereocenters. The summed E-state index contributed by atoms with van der Waals surface area (Å²) >= 11 is 0. The number of hydrogen-bond acceptors (Lipinski definition) is 3. The van der Waals surface area contributed by atoms with E-state index in [-0.39, 0.29) is 5.78 Å². The first-order chi connectivity index (χ1) is 16.1. The zero-order valence-corrected chi connectivity index (χ0v) is 19.8. The van der Waals surface area contributed by atoms with Crippen LogP contribution in [-0.2, 0) is 0 Å². The van der Waals surface area contributed by atoms with Crippen LogP contribution in [-0.4, -0.2) is 24.8 Å². The van der Waals surface area contributed by atoms with Crippen LogP contribution in [0.15, 0.2) is 132 Å². The van der Waals surface area contributed by atoms with Crippen molar-refractivity contribution in [2.45, 2.75) is 0 Å². The van der Waals surface area contributed by atoms with Gasteiger partial charge in [-0.05, 0) is 12.1 Å². The zero-order valence-electron chi connectivity index (χ0n) is 18.9. The fourth-order valence-corrected chi connectivity index (χ4v) is 7.54. The van der Waals surface area contributed by atoms with E-state index in [1.54, 1.807) is 12.3 Å². The van der Waals surface area contributed by atoms with Crippen LogP contribution >= 0.6 is 7.05 Å². The second kappa shape index (κ2) is 10.3. The molecule has 0 radical (unpaired) electrons. The van der Waals surface area contributed by atoms with E-state index in [1.165, 1.54) is 0 Å². The summed E-state index contributed by atoms with van der Waals surface area (Å²) in [6, 6.07) is 38.7. The van der Waals surface area contributed by atoms with Gasteiger partial charge in [0.05, 0.1) is 12.7 Å². The highest BCUT2D eigenvalue weighted by Gasteiger charge is 2.30. The summed E-state index contributed by atoms with van der Waals surface area (Å²) in [5.41, 5.74) is 1.57. The van der Waals surface area contributed by atoms with Crippen LogP contribution in [0, 0.1) is 0 Å². The lowest BCUT2D eigenvalue weighted by molar-refractivity contribution is 0.104. The van der Waals surface area contributed by atoms with Crippen molar-refractivity contribution in [2.24, 2.45) is 4.74 Å². The molecule has 0 unspecified atom stereocenters. The summed E-state index contributed by atoms with van der Waals surface area (Å²) in [4.78, 5) is 15.3. The molecule has 0 N–H and O–H groups in total. The third-order valence-electron chi connectivity index (χ3n) is 5.32. The van der Waals surface area contributed by atoms with Crippen molar-refractivity contribution in [3.05, 3.63) is 133 Å². The molecule has 3 nitrogen and oxygen atoms in total. The lowest BCUT2D eigenvalue weighted by Crippen LogP contribution is -2.29. The fraction of sp³-hybridized carbons (Fsp3) is 0.0690. The molecule has 33 heavy (non-hydrogen) atoms. The molecule has 4 rings (SSSR count). The summed E-state index contributed by atoms with van der Waals surface area (Å²) in [6.45, 7) is 0. The Morgan fingerprint density at radius 1 is 0.697 bits per heavy atom. The lowest BCUT2D eigenvalue weighted by Gasteiger charge is -2.28. The molecule has 0 aromatic heterocycles. The van der Waals surface area contributed by atoms with Crippen LogP contribution in [0.5, 0.6) is 0 Å². The Morgan fingerprint density at radius 3 is 1.73 bits per heavy atom. The first-order valence-corrected chi connectivity index (χ1v) is 12.6. The van der Waals surface area contributed by atoms with Gasteiger partial charge in [0.25, 0.3) is 0 Å². The largest absolute Gasteiger partial charge is 0.383 e.